The maximum atomic E-state index is 12.9. The maximum absolute atomic E-state index is 12.9. The minimum absolute atomic E-state index is 0.148. The number of nitrogens with one attached hydrogen (secondary N) is 1. The Bertz CT molecular complexity index is 1340. The van der Waals surface area contributed by atoms with Crippen LogP contribution in [0.1, 0.15) is 18.1 Å². The smallest absolute Gasteiger partial charge is 0.264 e. The topological polar surface area (TPSA) is 79.6 Å². The standard InChI is InChI=1S/C25H24N2O4S/c1-3-18-9-14-24-23(15-18)19(17-31-24)16-25(28)26-20-10-12-22(13-11-20)32(29,30)27(2)21-7-5-4-6-8-21/h4-15,17H,3,16H2,1-2H3,(H,26,28). The Morgan fingerprint density at radius 1 is 1.00 bits per heavy atom. The van der Waals surface area contributed by atoms with Crippen LogP contribution in [0.5, 0.6) is 0 Å². The third-order valence-electron chi connectivity index (χ3n) is 5.39. The number of hydrogen-bond donors (Lipinski definition) is 1. The lowest BCUT2D eigenvalue weighted by molar-refractivity contribution is -0.115. The molecule has 0 unspecified atom stereocenters. The second-order valence-corrected chi connectivity index (χ2v) is 9.47. The van der Waals surface area contributed by atoms with Crippen molar-refractivity contribution in [1.29, 1.82) is 0 Å². The second-order valence-electron chi connectivity index (χ2n) is 7.50. The van der Waals surface area contributed by atoms with Gasteiger partial charge in [-0.05, 0) is 60.5 Å². The first-order valence-corrected chi connectivity index (χ1v) is 11.8. The number of para-hydroxylation sites is 1. The van der Waals surface area contributed by atoms with Crippen LogP contribution in [0.25, 0.3) is 11.0 Å². The van der Waals surface area contributed by atoms with Gasteiger partial charge in [0.05, 0.1) is 23.3 Å². The molecule has 0 fully saturated rings. The summed E-state index contributed by atoms with van der Waals surface area (Å²) in [6.07, 6.45) is 2.68. The first kappa shape index (κ1) is 21.6. The summed E-state index contributed by atoms with van der Waals surface area (Å²) in [5.41, 5.74) is 3.85. The largest absolute Gasteiger partial charge is 0.464 e. The molecule has 0 aliphatic heterocycles. The zero-order chi connectivity index (χ0) is 22.7. The van der Waals surface area contributed by atoms with Crippen LogP contribution in [0.2, 0.25) is 0 Å². The Morgan fingerprint density at radius 2 is 1.72 bits per heavy atom. The lowest BCUT2D eigenvalue weighted by Crippen LogP contribution is -2.26. The predicted molar refractivity (Wildman–Crippen MR) is 126 cm³/mol. The van der Waals surface area contributed by atoms with Gasteiger partial charge in [0.2, 0.25) is 5.91 Å². The fourth-order valence-corrected chi connectivity index (χ4v) is 4.70. The van der Waals surface area contributed by atoms with Gasteiger partial charge in [-0.3, -0.25) is 9.10 Å². The fraction of sp³-hybridized carbons (Fsp3) is 0.160. The molecule has 0 aliphatic rings. The molecular formula is C25H24N2O4S. The second kappa shape index (κ2) is 8.88. The first-order valence-electron chi connectivity index (χ1n) is 10.3. The number of aryl methyl sites for hydroxylation is 1. The van der Waals surface area contributed by atoms with Crippen molar-refractivity contribution in [2.75, 3.05) is 16.7 Å². The average molecular weight is 449 g/mol. The predicted octanol–water partition coefficient (Wildman–Crippen LogP) is 5.00. The van der Waals surface area contributed by atoms with E-state index in [-0.39, 0.29) is 17.2 Å². The van der Waals surface area contributed by atoms with Crippen molar-refractivity contribution in [3.63, 3.8) is 0 Å². The van der Waals surface area contributed by atoms with E-state index < -0.39 is 10.0 Å². The van der Waals surface area contributed by atoms with Crippen molar-refractivity contribution < 1.29 is 17.6 Å². The number of rotatable bonds is 7. The molecule has 0 saturated heterocycles. The molecule has 1 heterocycles. The van der Waals surface area contributed by atoms with Crippen LogP contribution in [0.3, 0.4) is 0 Å². The molecule has 0 radical (unpaired) electrons. The molecule has 4 rings (SSSR count). The van der Waals surface area contributed by atoms with Crippen LogP contribution in [-0.4, -0.2) is 21.4 Å². The van der Waals surface area contributed by atoms with Gasteiger partial charge in [-0.2, -0.15) is 0 Å². The highest BCUT2D eigenvalue weighted by Crippen LogP contribution is 2.25. The number of carbonyl (C=O) groups is 1. The molecule has 0 aliphatic carbocycles. The quantitative estimate of drug-likeness (QED) is 0.431. The highest BCUT2D eigenvalue weighted by molar-refractivity contribution is 7.92. The molecule has 0 spiro atoms. The van der Waals surface area contributed by atoms with Gasteiger partial charge < -0.3 is 9.73 Å². The molecule has 32 heavy (non-hydrogen) atoms. The third-order valence-corrected chi connectivity index (χ3v) is 7.19. The normalized spacial score (nSPS) is 11.4. The highest BCUT2D eigenvalue weighted by Gasteiger charge is 2.21. The summed E-state index contributed by atoms with van der Waals surface area (Å²) in [6.45, 7) is 2.08. The third kappa shape index (κ3) is 4.38. The summed E-state index contributed by atoms with van der Waals surface area (Å²) < 4.78 is 32.6. The lowest BCUT2D eigenvalue weighted by atomic mass is 10.1. The molecule has 4 aromatic rings. The van der Waals surface area contributed by atoms with Crippen LogP contribution < -0.4 is 9.62 Å². The number of benzene rings is 3. The maximum Gasteiger partial charge on any atom is 0.264 e. The van der Waals surface area contributed by atoms with Crippen molar-refractivity contribution in [3.8, 4) is 0 Å². The molecule has 7 heteroatoms. The Balaban J connectivity index is 1.46. The molecule has 1 aromatic heterocycles. The number of amides is 1. The summed E-state index contributed by atoms with van der Waals surface area (Å²) >= 11 is 0. The van der Waals surface area contributed by atoms with Crippen molar-refractivity contribution in [1.82, 2.24) is 0 Å². The van der Waals surface area contributed by atoms with Gasteiger partial charge in [0, 0.05) is 23.7 Å². The Labute approximate surface area is 187 Å². The minimum atomic E-state index is -3.70. The zero-order valence-electron chi connectivity index (χ0n) is 17.9. The van der Waals surface area contributed by atoms with Crippen LogP contribution in [-0.2, 0) is 27.7 Å². The van der Waals surface area contributed by atoms with E-state index in [9.17, 15) is 13.2 Å². The van der Waals surface area contributed by atoms with Crippen molar-refractivity contribution in [2.24, 2.45) is 0 Å². The van der Waals surface area contributed by atoms with E-state index >= 15 is 0 Å². The molecule has 0 atom stereocenters. The lowest BCUT2D eigenvalue weighted by Gasteiger charge is -2.19. The van der Waals surface area contributed by atoms with E-state index in [0.717, 1.165) is 23.0 Å². The molecule has 0 saturated carbocycles. The van der Waals surface area contributed by atoms with Crippen LogP contribution in [0, 0.1) is 0 Å². The molecule has 1 N–H and O–H groups in total. The minimum Gasteiger partial charge on any atom is -0.464 e. The van der Waals surface area contributed by atoms with Gasteiger partial charge in [-0.1, -0.05) is 31.2 Å². The molecule has 1 amide bonds. The van der Waals surface area contributed by atoms with Gasteiger partial charge in [-0.25, -0.2) is 8.42 Å². The Kier molecular flexibility index (Phi) is 6.01. The highest BCUT2D eigenvalue weighted by atomic mass is 32.2. The van der Waals surface area contributed by atoms with E-state index in [4.69, 9.17) is 4.42 Å². The number of hydrogen-bond acceptors (Lipinski definition) is 4. The van der Waals surface area contributed by atoms with Crippen molar-refractivity contribution >= 4 is 38.3 Å². The summed E-state index contributed by atoms with van der Waals surface area (Å²) in [4.78, 5) is 12.7. The molecule has 164 valence electrons. The van der Waals surface area contributed by atoms with Crippen LogP contribution >= 0.6 is 0 Å². The summed E-state index contributed by atoms with van der Waals surface area (Å²) in [7, 11) is -2.19. The first-order chi connectivity index (χ1) is 15.4. The van der Waals surface area contributed by atoms with Gasteiger partial charge in [0.15, 0.2) is 0 Å². The van der Waals surface area contributed by atoms with Crippen molar-refractivity contribution in [2.45, 2.75) is 24.7 Å². The monoisotopic (exact) mass is 448 g/mol. The molecular weight excluding hydrogens is 424 g/mol. The molecule has 3 aromatic carbocycles. The number of fused-ring (bicyclic) bond motifs is 1. The summed E-state index contributed by atoms with van der Waals surface area (Å²) in [6, 6.07) is 21.0. The number of sulfonamides is 1. The summed E-state index contributed by atoms with van der Waals surface area (Å²) in [5, 5.41) is 3.76. The Morgan fingerprint density at radius 3 is 2.41 bits per heavy atom. The zero-order valence-corrected chi connectivity index (χ0v) is 18.7. The molecule has 0 bridgehead atoms. The van der Waals surface area contributed by atoms with Gasteiger partial charge in [-0.15, -0.1) is 0 Å². The number of nitrogens with zero attached hydrogens (tertiary/aromatic N) is 1. The van der Waals surface area contributed by atoms with E-state index in [2.05, 4.69) is 12.2 Å². The average Bonchev–Trinajstić information content (AvgIpc) is 3.21. The van der Waals surface area contributed by atoms with Crippen LogP contribution in [0.15, 0.2) is 88.4 Å². The van der Waals surface area contributed by atoms with Gasteiger partial charge in [0.25, 0.3) is 10.0 Å². The van der Waals surface area contributed by atoms with Crippen molar-refractivity contribution in [3.05, 3.63) is 90.2 Å². The number of furan rings is 1. The van der Waals surface area contributed by atoms with Crippen LogP contribution in [0.4, 0.5) is 11.4 Å². The summed E-state index contributed by atoms with van der Waals surface area (Å²) in [5.74, 6) is -0.202. The van der Waals surface area contributed by atoms with E-state index in [1.54, 1.807) is 42.7 Å². The van der Waals surface area contributed by atoms with Gasteiger partial charge >= 0.3 is 0 Å². The number of carbonyl (C=O) groups excluding carboxylic acids is 1. The molecule has 6 nitrogen and oxygen atoms in total. The Hall–Kier alpha value is -3.58. The van der Waals surface area contributed by atoms with E-state index in [1.165, 1.54) is 29.0 Å². The number of anilines is 2. The SMILES string of the molecule is CCc1ccc2occ(CC(=O)Nc3ccc(S(=O)(=O)N(C)c4ccccc4)cc3)c2c1. The fourth-order valence-electron chi connectivity index (χ4n) is 3.51. The van der Waals surface area contributed by atoms with E-state index in [1.807, 2.05) is 24.3 Å². The van der Waals surface area contributed by atoms with E-state index in [0.29, 0.717) is 11.4 Å². The van der Waals surface area contributed by atoms with Gasteiger partial charge in [0.1, 0.15) is 5.58 Å².